The maximum absolute atomic E-state index is 13.8. The molecule has 4 rings (SSSR count). The van der Waals surface area contributed by atoms with Crippen LogP contribution in [0.1, 0.15) is 70.0 Å². The Morgan fingerprint density at radius 3 is 2.31 bits per heavy atom. The molecule has 1 saturated carbocycles. The number of rotatable bonds is 6. The second-order valence-corrected chi connectivity index (χ2v) is 10.1. The van der Waals surface area contributed by atoms with Gasteiger partial charge in [0.25, 0.3) is 5.91 Å². The van der Waals surface area contributed by atoms with Crippen molar-refractivity contribution in [2.24, 2.45) is 5.92 Å². The molecule has 1 fully saturated rings. The van der Waals surface area contributed by atoms with Crippen LogP contribution in [0.15, 0.2) is 35.5 Å². The van der Waals surface area contributed by atoms with Gasteiger partial charge in [-0.05, 0) is 43.4 Å². The summed E-state index contributed by atoms with van der Waals surface area (Å²) >= 11 is 0. The van der Waals surface area contributed by atoms with Crippen LogP contribution in [0, 0.1) is 5.92 Å². The molecular weight excluding hydrogens is 473 g/mol. The lowest BCUT2D eigenvalue weighted by atomic mass is 9.93. The zero-order chi connectivity index (χ0) is 26.2. The number of nitrogens with zero attached hydrogens (tertiary/aromatic N) is 2. The second-order valence-electron chi connectivity index (χ2n) is 10.1. The predicted octanol–water partition coefficient (Wildman–Crippen LogP) is 4.36. The molecule has 36 heavy (non-hydrogen) atoms. The van der Waals surface area contributed by atoms with Crippen LogP contribution in [0.25, 0.3) is 0 Å². The van der Waals surface area contributed by atoms with Crippen molar-refractivity contribution < 1.29 is 27.6 Å². The van der Waals surface area contributed by atoms with Gasteiger partial charge in [0, 0.05) is 12.6 Å². The minimum absolute atomic E-state index is 0.0862. The summed E-state index contributed by atoms with van der Waals surface area (Å²) < 4.78 is 39.2. The first kappa shape index (κ1) is 26.0. The van der Waals surface area contributed by atoms with E-state index >= 15 is 0 Å². The lowest BCUT2D eigenvalue weighted by molar-refractivity contribution is -0.138. The summed E-state index contributed by atoms with van der Waals surface area (Å²) in [5.41, 5.74) is 0.360. The van der Waals surface area contributed by atoms with E-state index in [9.17, 15) is 27.6 Å². The van der Waals surface area contributed by atoms with Crippen LogP contribution in [-0.4, -0.2) is 52.8 Å². The van der Waals surface area contributed by atoms with Crippen molar-refractivity contribution in [1.29, 1.82) is 0 Å². The minimum atomic E-state index is -4.49. The van der Waals surface area contributed by atoms with Gasteiger partial charge in [-0.2, -0.15) is 13.2 Å². The number of carbonyl (C=O) groups is 3. The summed E-state index contributed by atoms with van der Waals surface area (Å²) in [5.74, 6) is -0.772. The number of benzene rings is 1. The topological polar surface area (TPSA) is 81.8 Å². The van der Waals surface area contributed by atoms with E-state index in [4.69, 9.17) is 0 Å². The Morgan fingerprint density at radius 1 is 1.11 bits per heavy atom. The molecule has 0 aromatic heterocycles. The van der Waals surface area contributed by atoms with Crippen LogP contribution in [-0.2, 0) is 15.8 Å². The standard InChI is InChI=1S/C26H33F3N4O3/c1-4-32-19-14-33(22(15(2)3)23(34)30-18-8-6-5-7-9-18)24(35)20(19)21(31-25(32)36)16-10-12-17(13-11-16)26(27,28)29/h10-13,15,18,21-22H,4-9,14H2,1-3H3,(H,30,34)(H,31,36)/t21-,22-/m0/s1. The maximum Gasteiger partial charge on any atom is 0.416 e. The third-order valence-electron chi connectivity index (χ3n) is 7.32. The van der Waals surface area contributed by atoms with Gasteiger partial charge in [0.15, 0.2) is 0 Å². The van der Waals surface area contributed by atoms with Crippen molar-refractivity contribution in [3.63, 3.8) is 0 Å². The quantitative estimate of drug-likeness (QED) is 0.602. The highest BCUT2D eigenvalue weighted by atomic mass is 19.4. The molecule has 2 heterocycles. The van der Waals surface area contributed by atoms with Crippen molar-refractivity contribution >= 4 is 17.8 Å². The molecule has 2 N–H and O–H groups in total. The SMILES string of the molecule is CCN1C(=O)N[C@@H](c2ccc(C(F)(F)F)cc2)C2=C1CN([C@H](C(=O)NC1CCCCC1)C(C)C)C2=O. The molecule has 10 heteroatoms. The summed E-state index contributed by atoms with van der Waals surface area (Å²) in [7, 11) is 0. The third-order valence-corrected chi connectivity index (χ3v) is 7.32. The largest absolute Gasteiger partial charge is 0.416 e. The van der Waals surface area contributed by atoms with Gasteiger partial charge in [-0.15, -0.1) is 0 Å². The van der Waals surface area contributed by atoms with Gasteiger partial charge in [0.1, 0.15) is 6.04 Å². The molecule has 196 valence electrons. The molecule has 3 aliphatic rings. The highest BCUT2D eigenvalue weighted by Gasteiger charge is 2.47. The monoisotopic (exact) mass is 506 g/mol. The van der Waals surface area contributed by atoms with Gasteiger partial charge in [0.05, 0.1) is 29.4 Å². The lowest BCUT2D eigenvalue weighted by Gasteiger charge is -2.33. The fraction of sp³-hybridized carbons (Fsp3) is 0.577. The van der Waals surface area contributed by atoms with E-state index in [0.717, 1.165) is 44.2 Å². The molecule has 0 saturated heterocycles. The number of hydrogen-bond acceptors (Lipinski definition) is 3. The highest BCUT2D eigenvalue weighted by molar-refractivity contribution is 6.03. The molecule has 2 aliphatic heterocycles. The molecule has 0 radical (unpaired) electrons. The number of likely N-dealkylation sites (N-methyl/N-ethyl adjacent to an activating group) is 1. The third kappa shape index (κ3) is 4.95. The van der Waals surface area contributed by atoms with Crippen LogP contribution >= 0.6 is 0 Å². The van der Waals surface area contributed by atoms with Gasteiger partial charge in [-0.25, -0.2) is 4.79 Å². The summed E-state index contributed by atoms with van der Waals surface area (Å²) in [6.45, 7) is 5.94. The fourth-order valence-corrected chi connectivity index (χ4v) is 5.52. The summed E-state index contributed by atoms with van der Waals surface area (Å²) in [4.78, 5) is 43.0. The number of carbonyl (C=O) groups excluding carboxylic acids is 3. The van der Waals surface area contributed by atoms with Gasteiger partial charge in [0.2, 0.25) is 5.91 Å². The fourth-order valence-electron chi connectivity index (χ4n) is 5.52. The van der Waals surface area contributed by atoms with Crippen molar-refractivity contribution in [3.8, 4) is 0 Å². The van der Waals surface area contributed by atoms with Crippen LogP contribution in [0.4, 0.5) is 18.0 Å². The van der Waals surface area contributed by atoms with Crippen LogP contribution in [0.3, 0.4) is 0 Å². The molecule has 0 unspecified atom stereocenters. The van der Waals surface area contributed by atoms with Crippen LogP contribution in [0.2, 0.25) is 0 Å². The highest BCUT2D eigenvalue weighted by Crippen LogP contribution is 2.39. The summed E-state index contributed by atoms with van der Waals surface area (Å²) in [5, 5.41) is 5.90. The number of amides is 4. The molecule has 1 aromatic carbocycles. The number of urea groups is 1. The lowest BCUT2D eigenvalue weighted by Crippen LogP contribution is -2.53. The molecule has 7 nitrogen and oxygen atoms in total. The van der Waals surface area contributed by atoms with E-state index in [-0.39, 0.29) is 30.3 Å². The Bertz CT molecular complexity index is 1050. The average Bonchev–Trinajstić information content (AvgIpc) is 3.15. The maximum atomic E-state index is 13.8. The van der Waals surface area contributed by atoms with E-state index in [1.807, 2.05) is 13.8 Å². The number of nitrogens with one attached hydrogen (secondary N) is 2. The first-order chi connectivity index (χ1) is 17.0. The van der Waals surface area contributed by atoms with Crippen molar-refractivity contribution in [2.75, 3.05) is 13.1 Å². The molecule has 2 atom stereocenters. The van der Waals surface area contributed by atoms with E-state index in [2.05, 4.69) is 10.6 Å². The Morgan fingerprint density at radius 2 is 1.75 bits per heavy atom. The van der Waals surface area contributed by atoms with Gasteiger partial charge < -0.3 is 15.5 Å². The molecule has 0 bridgehead atoms. The van der Waals surface area contributed by atoms with Gasteiger partial charge in [-0.3, -0.25) is 14.5 Å². The zero-order valence-electron chi connectivity index (χ0n) is 20.8. The predicted molar refractivity (Wildman–Crippen MR) is 127 cm³/mol. The smallest absolute Gasteiger partial charge is 0.352 e. The van der Waals surface area contributed by atoms with E-state index in [1.54, 1.807) is 6.92 Å². The van der Waals surface area contributed by atoms with Crippen LogP contribution < -0.4 is 10.6 Å². The number of hydrogen-bond donors (Lipinski definition) is 2. The first-order valence-corrected chi connectivity index (χ1v) is 12.6. The Kier molecular flexibility index (Phi) is 7.33. The van der Waals surface area contributed by atoms with Gasteiger partial charge in [-0.1, -0.05) is 45.2 Å². The van der Waals surface area contributed by atoms with E-state index in [1.165, 1.54) is 21.9 Å². The summed E-state index contributed by atoms with van der Waals surface area (Å²) in [6, 6.07) is 2.49. The normalized spacial score (nSPS) is 22.1. The average molecular weight is 507 g/mol. The zero-order valence-corrected chi connectivity index (χ0v) is 20.8. The molecular formula is C26H33F3N4O3. The Hall–Kier alpha value is -3.04. The molecule has 4 amide bonds. The molecule has 1 aliphatic carbocycles. The molecule has 0 spiro atoms. The number of alkyl halides is 3. The van der Waals surface area contributed by atoms with Crippen molar-refractivity contribution in [2.45, 2.75) is 77.2 Å². The minimum Gasteiger partial charge on any atom is -0.352 e. The molecule has 1 aromatic rings. The first-order valence-electron chi connectivity index (χ1n) is 12.6. The van der Waals surface area contributed by atoms with Crippen molar-refractivity contribution in [1.82, 2.24) is 20.4 Å². The van der Waals surface area contributed by atoms with Crippen molar-refractivity contribution in [3.05, 3.63) is 46.7 Å². The van der Waals surface area contributed by atoms with Gasteiger partial charge >= 0.3 is 12.2 Å². The summed E-state index contributed by atoms with van der Waals surface area (Å²) in [6.07, 6.45) is 0.608. The van der Waals surface area contributed by atoms with Crippen LogP contribution in [0.5, 0.6) is 0 Å². The Labute approximate surface area is 209 Å². The van der Waals surface area contributed by atoms with E-state index < -0.39 is 29.9 Å². The Balaban J connectivity index is 1.64. The number of halogens is 3. The second kappa shape index (κ2) is 10.1. The van der Waals surface area contributed by atoms with E-state index in [0.29, 0.717) is 23.4 Å².